The van der Waals surface area contributed by atoms with E-state index in [1.165, 1.54) is 5.56 Å². The maximum Gasteiger partial charge on any atom is 0.309 e. The van der Waals surface area contributed by atoms with Gasteiger partial charge in [0, 0.05) is 13.5 Å². The van der Waals surface area contributed by atoms with E-state index in [1.807, 2.05) is 23.7 Å². The first kappa shape index (κ1) is 13.6. The molecule has 0 atom stereocenters. The van der Waals surface area contributed by atoms with Crippen LogP contribution in [0.15, 0.2) is 18.2 Å². The van der Waals surface area contributed by atoms with Crippen molar-refractivity contribution in [2.45, 2.75) is 33.6 Å². The third kappa shape index (κ3) is 2.35. The van der Waals surface area contributed by atoms with Gasteiger partial charge in [-0.3, -0.25) is 4.79 Å². The molecule has 0 aliphatic carbocycles. The minimum atomic E-state index is -0.804. The zero-order valence-corrected chi connectivity index (χ0v) is 11.9. The molecule has 0 aliphatic heterocycles. The average molecular weight is 260 g/mol. The zero-order chi connectivity index (χ0) is 14.2. The minimum Gasteiger partial charge on any atom is -0.481 e. The van der Waals surface area contributed by atoms with E-state index in [1.54, 1.807) is 13.8 Å². The molecule has 0 aliphatic rings. The lowest BCUT2D eigenvalue weighted by Gasteiger charge is -2.18. The Bertz CT molecular complexity index is 626. The summed E-state index contributed by atoms with van der Waals surface area (Å²) < 4.78 is 2.03. The smallest absolute Gasteiger partial charge is 0.309 e. The molecule has 4 heteroatoms. The molecule has 4 nitrogen and oxygen atoms in total. The van der Waals surface area contributed by atoms with Crippen LogP contribution < -0.4 is 0 Å². The summed E-state index contributed by atoms with van der Waals surface area (Å²) in [7, 11) is 1.96. The SMILES string of the molecule is CCc1cccc2nc(CC(C)(C)C(=O)O)n(C)c12. The number of benzene rings is 1. The van der Waals surface area contributed by atoms with Gasteiger partial charge in [0.2, 0.25) is 0 Å². The standard InChI is InChI=1S/C15H20N2O2/c1-5-10-7-6-8-11-13(10)17(4)12(16-11)9-15(2,3)14(18)19/h6-8H,5,9H2,1-4H3,(H,18,19). The van der Waals surface area contributed by atoms with Crippen LogP contribution in [-0.4, -0.2) is 20.6 Å². The van der Waals surface area contributed by atoms with Gasteiger partial charge in [-0.15, -0.1) is 0 Å². The van der Waals surface area contributed by atoms with E-state index >= 15 is 0 Å². The van der Waals surface area contributed by atoms with Gasteiger partial charge in [0.25, 0.3) is 0 Å². The van der Waals surface area contributed by atoms with Gasteiger partial charge in [-0.2, -0.15) is 0 Å². The fraction of sp³-hybridized carbons (Fsp3) is 0.467. The number of carboxylic acids is 1. The molecule has 0 spiro atoms. The Labute approximate surface area is 113 Å². The second-order valence-electron chi connectivity index (χ2n) is 5.59. The maximum absolute atomic E-state index is 11.2. The van der Waals surface area contributed by atoms with Gasteiger partial charge in [-0.25, -0.2) is 4.98 Å². The summed E-state index contributed by atoms with van der Waals surface area (Å²) in [6, 6.07) is 6.07. The van der Waals surface area contributed by atoms with Crippen LogP contribution in [0.5, 0.6) is 0 Å². The number of imidazole rings is 1. The predicted molar refractivity (Wildman–Crippen MR) is 75.2 cm³/mol. The summed E-state index contributed by atoms with van der Waals surface area (Å²) in [6.45, 7) is 5.58. The number of aromatic nitrogens is 2. The number of aryl methyl sites for hydroxylation is 2. The number of para-hydroxylation sites is 1. The molecule has 2 aromatic rings. The Kier molecular flexibility index (Phi) is 3.35. The van der Waals surface area contributed by atoms with Crippen LogP contribution >= 0.6 is 0 Å². The zero-order valence-electron chi connectivity index (χ0n) is 11.9. The van der Waals surface area contributed by atoms with Gasteiger partial charge in [0.1, 0.15) is 5.82 Å². The van der Waals surface area contributed by atoms with Crippen molar-refractivity contribution >= 4 is 17.0 Å². The van der Waals surface area contributed by atoms with Crippen molar-refractivity contribution in [2.75, 3.05) is 0 Å². The Morgan fingerprint density at radius 1 is 1.42 bits per heavy atom. The fourth-order valence-corrected chi connectivity index (χ4v) is 2.31. The first-order chi connectivity index (χ1) is 8.86. The molecule has 0 amide bonds. The summed E-state index contributed by atoms with van der Waals surface area (Å²) in [4.78, 5) is 15.8. The van der Waals surface area contributed by atoms with Crippen LogP contribution in [0.2, 0.25) is 0 Å². The third-order valence-electron chi connectivity index (χ3n) is 3.63. The number of aliphatic carboxylic acids is 1. The van der Waals surface area contributed by atoms with Crippen LogP contribution in [0.1, 0.15) is 32.2 Å². The highest BCUT2D eigenvalue weighted by Crippen LogP contribution is 2.26. The molecule has 0 saturated carbocycles. The highest BCUT2D eigenvalue weighted by atomic mass is 16.4. The predicted octanol–water partition coefficient (Wildman–Crippen LogP) is 2.79. The molecule has 2 rings (SSSR count). The molecular weight excluding hydrogens is 240 g/mol. The number of nitrogens with zero attached hydrogens (tertiary/aromatic N) is 2. The lowest BCUT2D eigenvalue weighted by Crippen LogP contribution is -2.27. The average Bonchev–Trinajstić information content (AvgIpc) is 2.65. The topological polar surface area (TPSA) is 55.1 Å². The first-order valence-corrected chi connectivity index (χ1v) is 6.53. The van der Waals surface area contributed by atoms with E-state index in [0.29, 0.717) is 6.42 Å². The van der Waals surface area contributed by atoms with Gasteiger partial charge in [0.15, 0.2) is 0 Å². The van der Waals surface area contributed by atoms with Crippen LogP contribution in [0, 0.1) is 5.41 Å². The highest BCUT2D eigenvalue weighted by Gasteiger charge is 2.29. The summed E-state index contributed by atoms with van der Waals surface area (Å²) in [5.74, 6) is 0.0265. The number of carboxylic acid groups (broad SMARTS) is 1. The van der Waals surface area contributed by atoms with Crippen molar-refractivity contribution in [1.29, 1.82) is 0 Å². The number of fused-ring (bicyclic) bond motifs is 1. The van der Waals surface area contributed by atoms with Crippen LogP contribution in [0.4, 0.5) is 0 Å². The van der Waals surface area contributed by atoms with E-state index in [0.717, 1.165) is 23.3 Å². The first-order valence-electron chi connectivity index (χ1n) is 6.53. The molecule has 1 aromatic heterocycles. The molecule has 1 heterocycles. The molecule has 0 unspecified atom stereocenters. The van der Waals surface area contributed by atoms with Gasteiger partial charge in [0.05, 0.1) is 16.4 Å². The third-order valence-corrected chi connectivity index (χ3v) is 3.63. The van der Waals surface area contributed by atoms with Gasteiger partial charge in [-0.1, -0.05) is 19.1 Å². The summed E-state index contributed by atoms with van der Waals surface area (Å²) in [5.41, 5.74) is 2.49. The molecular formula is C15H20N2O2. The van der Waals surface area contributed by atoms with Crippen molar-refractivity contribution in [1.82, 2.24) is 9.55 Å². The Morgan fingerprint density at radius 3 is 2.68 bits per heavy atom. The van der Waals surface area contributed by atoms with Gasteiger partial charge in [-0.05, 0) is 31.9 Å². The number of hydrogen-bond donors (Lipinski definition) is 1. The number of hydrogen-bond acceptors (Lipinski definition) is 2. The number of rotatable bonds is 4. The molecule has 19 heavy (non-hydrogen) atoms. The maximum atomic E-state index is 11.2. The van der Waals surface area contributed by atoms with Crippen molar-refractivity contribution in [3.05, 3.63) is 29.6 Å². The van der Waals surface area contributed by atoms with E-state index < -0.39 is 11.4 Å². The Morgan fingerprint density at radius 2 is 2.11 bits per heavy atom. The van der Waals surface area contributed by atoms with Crippen molar-refractivity contribution < 1.29 is 9.90 Å². The van der Waals surface area contributed by atoms with Crippen molar-refractivity contribution in [3.8, 4) is 0 Å². The van der Waals surface area contributed by atoms with Crippen molar-refractivity contribution in [3.63, 3.8) is 0 Å². The van der Waals surface area contributed by atoms with Crippen LogP contribution in [-0.2, 0) is 24.7 Å². The fourth-order valence-electron chi connectivity index (χ4n) is 2.31. The molecule has 0 radical (unpaired) electrons. The van der Waals surface area contributed by atoms with E-state index in [-0.39, 0.29) is 0 Å². The Balaban J connectivity index is 2.52. The molecule has 0 saturated heterocycles. The molecule has 0 fully saturated rings. The van der Waals surface area contributed by atoms with Crippen LogP contribution in [0.25, 0.3) is 11.0 Å². The Hall–Kier alpha value is -1.84. The van der Waals surface area contributed by atoms with E-state index in [9.17, 15) is 9.90 Å². The highest BCUT2D eigenvalue weighted by molar-refractivity contribution is 5.80. The molecule has 0 bridgehead atoms. The largest absolute Gasteiger partial charge is 0.481 e. The normalized spacial score (nSPS) is 12.0. The lowest BCUT2D eigenvalue weighted by atomic mass is 9.89. The summed E-state index contributed by atoms with van der Waals surface area (Å²) in [5, 5.41) is 9.23. The van der Waals surface area contributed by atoms with E-state index in [4.69, 9.17) is 0 Å². The second kappa shape index (κ2) is 4.68. The molecule has 1 N–H and O–H groups in total. The number of carbonyl (C=O) groups is 1. The van der Waals surface area contributed by atoms with E-state index in [2.05, 4.69) is 18.0 Å². The lowest BCUT2D eigenvalue weighted by molar-refractivity contribution is -0.146. The minimum absolute atomic E-state index is 0.427. The second-order valence-corrected chi connectivity index (χ2v) is 5.59. The van der Waals surface area contributed by atoms with Crippen LogP contribution in [0.3, 0.4) is 0 Å². The molecule has 102 valence electrons. The summed E-state index contributed by atoms with van der Waals surface area (Å²) in [6.07, 6.45) is 1.37. The molecule has 1 aromatic carbocycles. The van der Waals surface area contributed by atoms with Gasteiger partial charge >= 0.3 is 5.97 Å². The summed E-state index contributed by atoms with van der Waals surface area (Å²) >= 11 is 0. The quantitative estimate of drug-likeness (QED) is 0.919. The van der Waals surface area contributed by atoms with Gasteiger partial charge < -0.3 is 9.67 Å². The monoisotopic (exact) mass is 260 g/mol. The van der Waals surface area contributed by atoms with Crippen molar-refractivity contribution in [2.24, 2.45) is 12.5 Å².